The number of hydrogen-bond acceptors (Lipinski definition) is 3. The average molecular weight is 486 g/mol. The van der Waals surface area contributed by atoms with Gasteiger partial charge in [0.15, 0.2) is 0 Å². The topological polar surface area (TPSA) is 57.6 Å². The van der Waals surface area contributed by atoms with Crippen molar-refractivity contribution < 1.29 is 13.5 Å². The number of aliphatic hydroxyl groups excluding tert-OH is 1. The van der Waals surface area contributed by atoms with Gasteiger partial charge in [-0.2, -0.15) is 4.31 Å². The molecular formula is C24H24BrNO3S. The Morgan fingerprint density at radius 2 is 1.50 bits per heavy atom. The zero-order valence-corrected chi connectivity index (χ0v) is 18.8. The fourth-order valence-corrected chi connectivity index (χ4v) is 6.11. The molecule has 4 rings (SSSR count). The fraction of sp³-hybridized carbons (Fsp3) is 0.250. The Morgan fingerprint density at radius 3 is 2.13 bits per heavy atom. The third kappa shape index (κ3) is 4.52. The molecule has 3 atom stereocenters. The second-order valence-electron chi connectivity index (χ2n) is 7.70. The predicted octanol–water partition coefficient (Wildman–Crippen LogP) is 4.60. The van der Waals surface area contributed by atoms with E-state index in [1.807, 2.05) is 60.7 Å². The molecule has 3 aromatic rings. The Bertz CT molecular complexity index is 1070. The van der Waals surface area contributed by atoms with Gasteiger partial charge in [-0.3, -0.25) is 0 Å². The summed E-state index contributed by atoms with van der Waals surface area (Å²) in [5.41, 5.74) is 2.06. The number of halogens is 1. The van der Waals surface area contributed by atoms with Crippen molar-refractivity contribution in [3.05, 3.63) is 101 Å². The first-order valence-electron chi connectivity index (χ1n) is 9.99. The maximum Gasteiger partial charge on any atom is 0.243 e. The van der Waals surface area contributed by atoms with Crippen molar-refractivity contribution in [2.75, 3.05) is 6.54 Å². The molecule has 0 aliphatic carbocycles. The number of sulfonamides is 1. The van der Waals surface area contributed by atoms with Gasteiger partial charge in [-0.1, -0.05) is 76.6 Å². The van der Waals surface area contributed by atoms with Crippen LogP contribution in [0.2, 0.25) is 0 Å². The Labute approximate surface area is 186 Å². The van der Waals surface area contributed by atoms with Gasteiger partial charge < -0.3 is 5.11 Å². The SMILES string of the molecule is O=S(=O)(c1ccc(Br)cc1)N1CC(c2ccccc2)CC(O)[C@@H]1Cc1ccccc1. The molecule has 1 fully saturated rings. The van der Waals surface area contributed by atoms with Crippen LogP contribution in [0, 0.1) is 0 Å². The van der Waals surface area contributed by atoms with Crippen molar-refractivity contribution in [1.29, 1.82) is 0 Å². The zero-order chi connectivity index (χ0) is 21.1. The van der Waals surface area contributed by atoms with Gasteiger partial charge in [0.1, 0.15) is 0 Å². The third-order valence-electron chi connectivity index (χ3n) is 5.72. The van der Waals surface area contributed by atoms with E-state index in [0.29, 0.717) is 19.4 Å². The second-order valence-corrected chi connectivity index (χ2v) is 10.5. The van der Waals surface area contributed by atoms with E-state index in [1.165, 1.54) is 4.31 Å². The number of aliphatic hydroxyl groups is 1. The largest absolute Gasteiger partial charge is 0.391 e. The Kier molecular flexibility index (Phi) is 6.39. The number of rotatable bonds is 5. The number of hydrogen-bond donors (Lipinski definition) is 1. The van der Waals surface area contributed by atoms with Gasteiger partial charge in [-0.25, -0.2) is 8.42 Å². The minimum atomic E-state index is -3.77. The molecule has 1 heterocycles. The maximum atomic E-state index is 13.6. The molecule has 0 bridgehead atoms. The van der Waals surface area contributed by atoms with Crippen LogP contribution in [-0.4, -0.2) is 36.5 Å². The molecule has 1 saturated heterocycles. The van der Waals surface area contributed by atoms with Gasteiger partial charge >= 0.3 is 0 Å². The molecule has 1 aliphatic heterocycles. The van der Waals surface area contributed by atoms with Crippen molar-refractivity contribution in [2.24, 2.45) is 0 Å². The van der Waals surface area contributed by atoms with Gasteiger partial charge in [0.2, 0.25) is 10.0 Å². The zero-order valence-electron chi connectivity index (χ0n) is 16.4. The normalized spacial score (nSPS) is 22.7. The molecule has 1 aliphatic rings. The van der Waals surface area contributed by atoms with Crippen LogP contribution in [0.4, 0.5) is 0 Å². The number of nitrogens with zero attached hydrogens (tertiary/aromatic N) is 1. The van der Waals surface area contributed by atoms with Crippen LogP contribution in [0.1, 0.15) is 23.5 Å². The van der Waals surface area contributed by atoms with Crippen molar-refractivity contribution in [1.82, 2.24) is 4.31 Å². The number of benzene rings is 3. The summed E-state index contributed by atoms with van der Waals surface area (Å²) in [5.74, 6) is -0.0570. The fourth-order valence-electron chi connectivity index (χ4n) is 4.15. The molecule has 0 amide bonds. The molecule has 0 spiro atoms. The molecule has 0 aromatic heterocycles. The molecule has 0 saturated carbocycles. The van der Waals surface area contributed by atoms with Gasteiger partial charge in [0, 0.05) is 16.9 Å². The van der Waals surface area contributed by atoms with Crippen molar-refractivity contribution in [3.8, 4) is 0 Å². The van der Waals surface area contributed by atoms with E-state index in [4.69, 9.17) is 0 Å². The van der Waals surface area contributed by atoms with E-state index in [-0.39, 0.29) is 10.8 Å². The van der Waals surface area contributed by atoms with Crippen LogP contribution in [-0.2, 0) is 16.4 Å². The van der Waals surface area contributed by atoms with Crippen LogP contribution in [0.15, 0.2) is 94.3 Å². The van der Waals surface area contributed by atoms with E-state index >= 15 is 0 Å². The van der Waals surface area contributed by atoms with E-state index in [1.54, 1.807) is 24.3 Å². The van der Waals surface area contributed by atoms with E-state index in [9.17, 15) is 13.5 Å². The van der Waals surface area contributed by atoms with Crippen molar-refractivity contribution in [3.63, 3.8) is 0 Å². The van der Waals surface area contributed by atoms with Crippen LogP contribution >= 0.6 is 15.9 Å². The number of piperidine rings is 1. The lowest BCUT2D eigenvalue weighted by Gasteiger charge is -2.42. The highest BCUT2D eigenvalue weighted by atomic mass is 79.9. The van der Waals surface area contributed by atoms with Crippen molar-refractivity contribution >= 4 is 26.0 Å². The van der Waals surface area contributed by atoms with E-state index < -0.39 is 22.2 Å². The third-order valence-corrected chi connectivity index (χ3v) is 8.15. The Morgan fingerprint density at radius 1 is 0.900 bits per heavy atom. The van der Waals surface area contributed by atoms with Crippen LogP contribution in [0.5, 0.6) is 0 Å². The first-order valence-corrected chi connectivity index (χ1v) is 12.2. The van der Waals surface area contributed by atoms with Crippen LogP contribution < -0.4 is 0 Å². The lowest BCUT2D eigenvalue weighted by Crippen LogP contribution is -2.54. The standard InChI is InChI=1S/C24H24BrNO3S/c25-21-11-13-22(14-12-21)30(28,29)26-17-20(19-9-5-2-6-10-19)16-24(27)23(26)15-18-7-3-1-4-8-18/h1-14,20,23-24,27H,15-17H2/t20?,23-,24?/m0/s1. The minimum Gasteiger partial charge on any atom is -0.391 e. The quantitative estimate of drug-likeness (QED) is 0.574. The van der Waals surface area contributed by atoms with Crippen molar-refractivity contribution in [2.45, 2.75) is 35.8 Å². The van der Waals surface area contributed by atoms with Gasteiger partial charge in [-0.15, -0.1) is 0 Å². The average Bonchev–Trinajstić information content (AvgIpc) is 2.76. The molecule has 1 N–H and O–H groups in total. The summed E-state index contributed by atoms with van der Waals surface area (Å²) in [6.07, 6.45) is 0.252. The summed E-state index contributed by atoms with van der Waals surface area (Å²) < 4.78 is 29.6. The monoisotopic (exact) mass is 485 g/mol. The predicted molar refractivity (Wildman–Crippen MR) is 122 cm³/mol. The van der Waals surface area contributed by atoms with E-state index in [0.717, 1.165) is 15.6 Å². The molecular weight excluding hydrogens is 462 g/mol. The second kappa shape index (κ2) is 9.02. The first-order chi connectivity index (χ1) is 14.4. The summed E-state index contributed by atoms with van der Waals surface area (Å²) in [6, 6.07) is 25.8. The van der Waals surface area contributed by atoms with Crippen LogP contribution in [0.25, 0.3) is 0 Å². The first kappa shape index (κ1) is 21.2. The molecule has 4 nitrogen and oxygen atoms in total. The highest BCUT2D eigenvalue weighted by Crippen LogP contribution is 2.35. The molecule has 0 radical (unpaired) electrons. The summed E-state index contributed by atoms with van der Waals surface area (Å²) in [4.78, 5) is 0.240. The molecule has 3 aromatic carbocycles. The molecule has 2 unspecified atom stereocenters. The molecule has 30 heavy (non-hydrogen) atoms. The Hall–Kier alpha value is -1.99. The Balaban J connectivity index is 1.72. The summed E-state index contributed by atoms with van der Waals surface area (Å²) >= 11 is 3.37. The van der Waals surface area contributed by atoms with E-state index in [2.05, 4.69) is 15.9 Å². The lowest BCUT2D eigenvalue weighted by molar-refractivity contribution is 0.0423. The van der Waals surface area contributed by atoms with Crippen LogP contribution in [0.3, 0.4) is 0 Å². The van der Waals surface area contributed by atoms with Gasteiger partial charge in [0.25, 0.3) is 0 Å². The summed E-state index contributed by atoms with van der Waals surface area (Å²) in [6.45, 7) is 0.344. The van der Waals surface area contributed by atoms with Gasteiger partial charge in [0.05, 0.1) is 17.0 Å². The van der Waals surface area contributed by atoms with Gasteiger partial charge in [-0.05, 0) is 48.2 Å². The maximum absolute atomic E-state index is 13.6. The highest BCUT2D eigenvalue weighted by molar-refractivity contribution is 9.10. The highest BCUT2D eigenvalue weighted by Gasteiger charge is 2.42. The molecule has 156 valence electrons. The molecule has 6 heteroatoms. The summed E-state index contributed by atoms with van der Waals surface area (Å²) in [5, 5.41) is 11.1. The lowest BCUT2D eigenvalue weighted by atomic mass is 9.85. The summed E-state index contributed by atoms with van der Waals surface area (Å²) in [7, 11) is -3.77. The smallest absolute Gasteiger partial charge is 0.243 e. The minimum absolute atomic E-state index is 0.0570.